The maximum Gasteiger partial charge on any atom is 0.331 e. The first-order chi connectivity index (χ1) is 4.22. The maximum atomic E-state index is 10.2. The molecule has 0 heterocycles. The summed E-state index contributed by atoms with van der Waals surface area (Å²) in [6, 6.07) is 0. The molecule has 2 nitrogen and oxygen atoms in total. The van der Waals surface area contributed by atoms with Crippen molar-refractivity contribution in [3.63, 3.8) is 0 Å². The average Bonchev–Trinajstić information content (AvgIpc) is 1.82. The van der Waals surface area contributed by atoms with Crippen molar-refractivity contribution in [3.05, 3.63) is 24.3 Å². The molecule has 1 N–H and O–H groups in total. The van der Waals surface area contributed by atoms with Crippen LogP contribution in [0, 0.1) is 0 Å². The fourth-order valence-electron chi connectivity index (χ4n) is 0.483. The molecule has 0 aromatic carbocycles. The van der Waals surface area contributed by atoms with Crippen molar-refractivity contribution in [2.24, 2.45) is 0 Å². The zero-order valence-electron chi connectivity index (χ0n) is 5.42. The molecule has 0 aliphatic heterocycles. The quantitative estimate of drug-likeness (QED) is 0.460. The van der Waals surface area contributed by atoms with E-state index in [9.17, 15) is 4.79 Å². The normalized spacial score (nSPS) is 11.0. The number of hydrogen-bond acceptors (Lipinski definition) is 1. The molecule has 0 fully saturated rings. The lowest BCUT2D eigenvalue weighted by Crippen LogP contribution is -1.97. The van der Waals surface area contributed by atoms with E-state index in [1.165, 1.54) is 12.2 Å². The van der Waals surface area contributed by atoms with Gasteiger partial charge in [0.25, 0.3) is 0 Å². The summed E-state index contributed by atoms with van der Waals surface area (Å²) in [5, 5.41) is 8.39. The van der Waals surface area contributed by atoms with Gasteiger partial charge in [-0.15, -0.1) is 0 Å². The van der Waals surface area contributed by atoms with Crippen LogP contribution in [0.4, 0.5) is 0 Å². The molecule has 0 saturated heterocycles. The average molecular weight is 126 g/mol. The van der Waals surface area contributed by atoms with E-state index >= 15 is 0 Å². The molecule has 2 heteroatoms. The van der Waals surface area contributed by atoms with Crippen molar-refractivity contribution in [2.75, 3.05) is 0 Å². The van der Waals surface area contributed by atoms with E-state index in [0.717, 1.165) is 0 Å². The predicted octanol–water partition coefficient (Wildman–Crippen LogP) is 1.59. The van der Waals surface area contributed by atoms with Gasteiger partial charge in [-0.2, -0.15) is 0 Å². The van der Waals surface area contributed by atoms with Gasteiger partial charge in [-0.05, 0) is 6.42 Å². The van der Waals surface area contributed by atoms with Crippen LogP contribution in [0.5, 0.6) is 0 Å². The molecule has 0 aromatic heterocycles. The molecular formula is C7H10O2. The lowest BCUT2D eigenvalue weighted by molar-refractivity contribution is -0.132. The second-order valence-corrected chi connectivity index (χ2v) is 1.59. The highest BCUT2D eigenvalue weighted by molar-refractivity contribution is 5.86. The first-order valence-corrected chi connectivity index (χ1v) is 2.77. The fraction of sp³-hybridized carbons (Fsp3) is 0.286. The third-order valence-electron chi connectivity index (χ3n) is 0.975. The summed E-state index contributed by atoms with van der Waals surface area (Å²) in [5.74, 6) is -0.864. The van der Waals surface area contributed by atoms with Crippen molar-refractivity contribution >= 4 is 5.97 Å². The Hall–Kier alpha value is -1.05. The van der Waals surface area contributed by atoms with Gasteiger partial charge in [0.05, 0.1) is 0 Å². The van der Waals surface area contributed by atoms with Gasteiger partial charge in [-0.3, -0.25) is 0 Å². The van der Waals surface area contributed by atoms with Gasteiger partial charge < -0.3 is 5.11 Å². The summed E-state index contributed by atoms with van der Waals surface area (Å²) in [6.45, 7) is 5.19. The first kappa shape index (κ1) is 7.95. The summed E-state index contributed by atoms with van der Waals surface area (Å²) in [7, 11) is 0. The third-order valence-corrected chi connectivity index (χ3v) is 0.975. The van der Waals surface area contributed by atoms with Crippen LogP contribution in [-0.2, 0) is 4.79 Å². The molecule has 0 atom stereocenters. The second-order valence-electron chi connectivity index (χ2n) is 1.59. The predicted molar refractivity (Wildman–Crippen MR) is 36.2 cm³/mol. The van der Waals surface area contributed by atoms with E-state index < -0.39 is 5.97 Å². The Kier molecular flexibility index (Phi) is 3.44. The standard InChI is InChI=1S/C7H10O2/c1-3-5-6(4-2)7(8)9/h3,5H,1,4H2,2H3,(H,8,9). The Morgan fingerprint density at radius 1 is 1.78 bits per heavy atom. The molecular weight excluding hydrogens is 116 g/mol. The van der Waals surface area contributed by atoms with Crippen LogP contribution in [-0.4, -0.2) is 11.1 Å². The van der Waals surface area contributed by atoms with Gasteiger partial charge in [0, 0.05) is 5.57 Å². The van der Waals surface area contributed by atoms with Crippen LogP contribution in [0.15, 0.2) is 24.3 Å². The highest BCUT2D eigenvalue weighted by Gasteiger charge is 2.00. The Morgan fingerprint density at radius 2 is 2.33 bits per heavy atom. The smallest absolute Gasteiger partial charge is 0.331 e. The number of aliphatic carboxylic acids is 1. The summed E-state index contributed by atoms with van der Waals surface area (Å²) in [4.78, 5) is 10.2. The monoisotopic (exact) mass is 126 g/mol. The van der Waals surface area contributed by atoms with Crippen LogP contribution < -0.4 is 0 Å². The molecule has 0 bridgehead atoms. The lowest BCUT2D eigenvalue weighted by Gasteiger charge is -1.91. The molecule has 0 unspecified atom stereocenters. The highest BCUT2D eigenvalue weighted by atomic mass is 16.4. The summed E-state index contributed by atoms with van der Waals surface area (Å²) in [6.07, 6.45) is 3.52. The molecule has 0 aliphatic carbocycles. The minimum Gasteiger partial charge on any atom is -0.478 e. The van der Waals surface area contributed by atoms with E-state index in [-0.39, 0.29) is 0 Å². The number of hydrogen-bond donors (Lipinski definition) is 1. The van der Waals surface area contributed by atoms with E-state index in [4.69, 9.17) is 5.11 Å². The van der Waals surface area contributed by atoms with Crippen LogP contribution in [0.1, 0.15) is 13.3 Å². The summed E-state index contributed by atoms with van der Waals surface area (Å²) >= 11 is 0. The summed E-state index contributed by atoms with van der Waals surface area (Å²) in [5.41, 5.74) is 0.394. The minimum absolute atomic E-state index is 0.394. The van der Waals surface area contributed by atoms with E-state index in [0.29, 0.717) is 12.0 Å². The van der Waals surface area contributed by atoms with Crippen LogP contribution in [0.3, 0.4) is 0 Å². The number of rotatable bonds is 3. The fourth-order valence-corrected chi connectivity index (χ4v) is 0.483. The maximum absolute atomic E-state index is 10.2. The van der Waals surface area contributed by atoms with Crippen molar-refractivity contribution < 1.29 is 9.90 Å². The number of allylic oxidation sites excluding steroid dienone is 2. The zero-order chi connectivity index (χ0) is 7.28. The molecule has 0 amide bonds. The second kappa shape index (κ2) is 3.89. The Balaban J connectivity index is 4.14. The van der Waals surface area contributed by atoms with Crippen molar-refractivity contribution in [1.29, 1.82) is 0 Å². The van der Waals surface area contributed by atoms with Crippen LogP contribution >= 0.6 is 0 Å². The van der Waals surface area contributed by atoms with E-state index in [1.807, 2.05) is 0 Å². The first-order valence-electron chi connectivity index (χ1n) is 2.77. The van der Waals surface area contributed by atoms with Gasteiger partial charge in [0.15, 0.2) is 0 Å². The summed E-state index contributed by atoms with van der Waals surface area (Å²) < 4.78 is 0. The van der Waals surface area contributed by atoms with Crippen molar-refractivity contribution in [2.45, 2.75) is 13.3 Å². The third kappa shape index (κ3) is 2.69. The largest absolute Gasteiger partial charge is 0.478 e. The molecule has 9 heavy (non-hydrogen) atoms. The molecule has 50 valence electrons. The van der Waals surface area contributed by atoms with Gasteiger partial charge >= 0.3 is 5.97 Å². The molecule has 0 spiro atoms. The van der Waals surface area contributed by atoms with Crippen LogP contribution in [0.25, 0.3) is 0 Å². The Morgan fingerprint density at radius 3 is 2.44 bits per heavy atom. The van der Waals surface area contributed by atoms with Gasteiger partial charge in [-0.25, -0.2) is 4.79 Å². The SMILES string of the molecule is C=CC=C(CC)C(=O)O. The molecule has 0 aliphatic rings. The number of carboxylic acids is 1. The van der Waals surface area contributed by atoms with Crippen molar-refractivity contribution in [3.8, 4) is 0 Å². The van der Waals surface area contributed by atoms with Crippen LogP contribution in [0.2, 0.25) is 0 Å². The van der Waals surface area contributed by atoms with Crippen molar-refractivity contribution in [1.82, 2.24) is 0 Å². The van der Waals surface area contributed by atoms with Gasteiger partial charge in [0.1, 0.15) is 0 Å². The van der Waals surface area contributed by atoms with Gasteiger partial charge in [0.2, 0.25) is 0 Å². The molecule has 0 rings (SSSR count). The number of carbonyl (C=O) groups is 1. The minimum atomic E-state index is -0.864. The lowest BCUT2D eigenvalue weighted by atomic mass is 10.2. The Bertz CT molecular complexity index is 145. The topological polar surface area (TPSA) is 37.3 Å². The van der Waals surface area contributed by atoms with Gasteiger partial charge in [-0.1, -0.05) is 25.7 Å². The number of carboxylic acid groups (broad SMARTS) is 1. The van der Waals surface area contributed by atoms with E-state index in [1.54, 1.807) is 6.92 Å². The molecule has 0 saturated carbocycles. The molecule has 0 radical (unpaired) electrons. The molecule has 0 aromatic rings. The van der Waals surface area contributed by atoms with E-state index in [2.05, 4.69) is 6.58 Å². The highest BCUT2D eigenvalue weighted by Crippen LogP contribution is 1.99. The zero-order valence-corrected chi connectivity index (χ0v) is 5.42. The Labute approximate surface area is 54.5 Å².